The van der Waals surface area contributed by atoms with E-state index in [1.165, 1.54) is 24.0 Å². The maximum Gasteiger partial charge on any atom is 0.410 e. The van der Waals surface area contributed by atoms with Crippen LogP contribution in [-0.4, -0.2) is 61.1 Å². The first kappa shape index (κ1) is 23.5. The average molecular weight is 392 g/mol. The number of benzene rings is 1. The van der Waals surface area contributed by atoms with Crippen LogP contribution >= 0.6 is 0 Å². The van der Waals surface area contributed by atoms with E-state index in [1.54, 1.807) is 7.05 Å². The SMILES string of the molecule is COC(=O)[C@H](C(C)C)N(C)C(=O)[C@H](C(C)C)N(C)C(=O)OCc1ccccc1. The van der Waals surface area contributed by atoms with E-state index in [-0.39, 0.29) is 24.3 Å². The Kier molecular flexibility index (Phi) is 8.96. The van der Waals surface area contributed by atoms with Gasteiger partial charge in [0.1, 0.15) is 18.7 Å². The number of methoxy groups -OCH3 is 1. The van der Waals surface area contributed by atoms with Crippen molar-refractivity contribution in [2.24, 2.45) is 11.8 Å². The van der Waals surface area contributed by atoms with Gasteiger partial charge in [0.15, 0.2) is 0 Å². The maximum absolute atomic E-state index is 13.1. The van der Waals surface area contributed by atoms with Crippen LogP contribution in [0.15, 0.2) is 30.3 Å². The lowest BCUT2D eigenvalue weighted by atomic mass is 9.98. The van der Waals surface area contributed by atoms with Gasteiger partial charge in [-0.1, -0.05) is 58.0 Å². The molecule has 0 aromatic heterocycles. The topological polar surface area (TPSA) is 76.2 Å². The molecule has 2 amide bonds. The Bertz CT molecular complexity index is 660. The highest BCUT2D eigenvalue weighted by Gasteiger charge is 2.38. The molecule has 1 aromatic rings. The summed E-state index contributed by atoms with van der Waals surface area (Å²) >= 11 is 0. The van der Waals surface area contributed by atoms with Gasteiger partial charge in [0.25, 0.3) is 0 Å². The van der Waals surface area contributed by atoms with Crippen LogP contribution in [0.1, 0.15) is 33.3 Å². The van der Waals surface area contributed by atoms with Crippen molar-refractivity contribution >= 4 is 18.0 Å². The normalized spacial score (nSPS) is 13.0. The second-order valence-corrected chi connectivity index (χ2v) is 7.50. The van der Waals surface area contributed by atoms with Gasteiger partial charge in [0, 0.05) is 14.1 Å². The molecule has 7 heteroatoms. The lowest BCUT2D eigenvalue weighted by Crippen LogP contribution is -2.56. The van der Waals surface area contributed by atoms with Crippen molar-refractivity contribution in [1.82, 2.24) is 9.80 Å². The minimum absolute atomic E-state index is 0.121. The number of likely N-dealkylation sites (N-methyl/N-ethyl adjacent to an activating group) is 2. The lowest BCUT2D eigenvalue weighted by Gasteiger charge is -2.36. The smallest absolute Gasteiger partial charge is 0.410 e. The molecular weight excluding hydrogens is 360 g/mol. The number of carbonyl (C=O) groups excluding carboxylic acids is 3. The van der Waals surface area contributed by atoms with E-state index >= 15 is 0 Å². The third-order valence-electron chi connectivity index (χ3n) is 4.63. The molecule has 0 fully saturated rings. The summed E-state index contributed by atoms with van der Waals surface area (Å²) in [4.78, 5) is 40.5. The van der Waals surface area contributed by atoms with Crippen LogP contribution in [0.25, 0.3) is 0 Å². The summed E-state index contributed by atoms with van der Waals surface area (Å²) in [7, 11) is 4.39. The Morgan fingerprint density at radius 1 is 0.893 bits per heavy atom. The first-order chi connectivity index (χ1) is 13.1. The predicted octanol–water partition coefficient (Wildman–Crippen LogP) is 2.94. The van der Waals surface area contributed by atoms with Gasteiger partial charge in [0.05, 0.1) is 7.11 Å². The summed E-state index contributed by atoms with van der Waals surface area (Å²) in [6, 6.07) is 7.83. The maximum atomic E-state index is 13.1. The van der Waals surface area contributed by atoms with E-state index in [0.717, 1.165) is 5.56 Å². The van der Waals surface area contributed by atoms with Crippen molar-refractivity contribution in [2.75, 3.05) is 21.2 Å². The molecule has 0 aliphatic rings. The van der Waals surface area contributed by atoms with Gasteiger partial charge in [-0.15, -0.1) is 0 Å². The molecule has 0 aliphatic carbocycles. The standard InChI is InChI=1S/C21H32N2O5/c1-14(2)17(19(24)22(5)18(15(3)4)20(25)27-7)23(6)21(26)28-13-16-11-9-8-10-12-16/h8-12,14-15,17-18H,13H2,1-7H3/t17-,18-/m0/s1. The van der Waals surface area contributed by atoms with Crippen molar-refractivity contribution in [3.63, 3.8) is 0 Å². The van der Waals surface area contributed by atoms with E-state index in [9.17, 15) is 14.4 Å². The average Bonchev–Trinajstić information content (AvgIpc) is 2.66. The van der Waals surface area contributed by atoms with Crippen molar-refractivity contribution < 1.29 is 23.9 Å². The molecule has 0 bridgehead atoms. The Morgan fingerprint density at radius 3 is 1.89 bits per heavy atom. The Hall–Kier alpha value is -2.57. The highest BCUT2D eigenvalue weighted by atomic mass is 16.6. The number of esters is 1. The zero-order valence-electron chi connectivity index (χ0n) is 17.8. The Morgan fingerprint density at radius 2 is 1.43 bits per heavy atom. The van der Waals surface area contributed by atoms with Crippen molar-refractivity contribution in [1.29, 1.82) is 0 Å². The molecule has 1 aromatic carbocycles. The predicted molar refractivity (Wildman–Crippen MR) is 106 cm³/mol. The van der Waals surface area contributed by atoms with E-state index < -0.39 is 24.1 Å². The molecule has 1 rings (SSSR count). The zero-order chi connectivity index (χ0) is 21.4. The summed E-state index contributed by atoms with van der Waals surface area (Å²) in [5, 5.41) is 0. The van der Waals surface area contributed by atoms with Crippen LogP contribution in [0.4, 0.5) is 4.79 Å². The molecule has 2 atom stereocenters. The molecule has 0 heterocycles. The third kappa shape index (κ3) is 5.97. The molecular formula is C21H32N2O5. The molecule has 0 spiro atoms. The number of carbonyl (C=O) groups is 3. The summed E-state index contributed by atoms with van der Waals surface area (Å²) in [5.74, 6) is -1.12. The van der Waals surface area contributed by atoms with Gasteiger partial charge in [0.2, 0.25) is 5.91 Å². The highest BCUT2D eigenvalue weighted by Crippen LogP contribution is 2.19. The molecule has 7 nitrogen and oxygen atoms in total. The summed E-state index contributed by atoms with van der Waals surface area (Å²) in [6.45, 7) is 7.50. The fourth-order valence-electron chi connectivity index (χ4n) is 3.18. The molecule has 0 saturated carbocycles. The van der Waals surface area contributed by atoms with E-state index in [1.807, 2.05) is 58.0 Å². The lowest BCUT2D eigenvalue weighted by molar-refractivity contribution is -0.155. The van der Waals surface area contributed by atoms with Crippen LogP contribution in [0.5, 0.6) is 0 Å². The minimum atomic E-state index is -0.765. The summed E-state index contributed by atoms with van der Waals surface area (Å²) < 4.78 is 10.2. The van der Waals surface area contributed by atoms with Crippen LogP contribution in [0.3, 0.4) is 0 Å². The fourth-order valence-corrected chi connectivity index (χ4v) is 3.18. The Labute approximate surface area is 167 Å². The number of hydrogen-bond donors (Lipinski definition) is 0. The largest absolute Gasteiger partial charge is 0.467 e. The van der Waals surface area contributed by atoms with Crippen LogP contribution in [0.2, 0.25) is 0 Å². The number of hydrogen-bond acceptors (Lipinski definition) is 5. The van der Waals surface area contributed by atoms with Gasteiger partial charge in [-0.25, -0.2) is 9.59 Å². The monoisotopic (exact) mass is 392 g/mol. The third-order valence-corrected chi connectivity index (χ3v) is 4.63. The molecule has 0 unspecified atom stereocenters. The quantitative estimate of drug-likeness (QED) is 0.636. The van der Waals surface area contributed by atoms with Crippen LogP contribution in [-0.2, 0) is 25.7 Å². The van der Waals surface area contributed by atoms with E-state index in [4.69, 9.17) is 9.47 Å². The first-order valence-electron chi connectivity index (χ1n) is 9.39. The van der Waals surface area contributed by atoms with Crippen molar-refractivity contribution in [3.8, 4) is 0 Å². The van der Waals surface area contributed by atoms with Gasteiger partial charge in [-0.05, 0) is 17.4 Å². The molecule has 0 aliphatic heterocycles. The fraction of sp³-hybridized carbons (Fsp3) is 0.571. The number of nitrogens with zero attached hydrogens (tertiary/aromatic N) is 2. The molecule has 0 saturated heterocycles. The number of amides is 2. The second-order valence-electron chi connectivity index (χ2n) is 7.50. The zero-order valence-corrected chi connectivity index (χ0v) is 17.8. The van der Waals surface area contributed by atoms with E-state index in [2.05, 4.69) is 0 Å². The van der Waals surface area contributed by atoms with Gasteiger partial charge in [-0.3, -0.25) is 9.69 Å². The molecule has 0 N–H and O–H groups in total. The van der Waals surface area contributed by atoms with Crippen LogP contribution < -0.4 is 0 Å². The van der Waals surface area contributed by atoms with Crippen molar-refractivity contribution in [3.05, 3.63) is 35.9 Å². The molecule has 156 valence electrons. The number of ether oxygens (including phenoxy) is 2. The Balaban J connectivity index is 2.93. The van der Waals surface area contributed by atoms with Crippen LogP contribution in [0, 0.1) is 11.8 Å². The molecule has 0 radical (unpaired) electrons. The van der Waals surface area contributed by atoms with Gasteiger partial charge in [-0.2, -0.15) is 0 Å². The molecule has 28 heavy (non-hydrogen) atoms. The second kappa shape index (κ2) is 10.7. The highest BCUT2D eigenvalue weighted by molar-refractivity contribution is 5.89. The summed E-state index contributed by atoms with van der Waals surface area (Å²) in [5.41, 5.74) is 0.861. The van der Waals surface area contributed by atoms with E-state index in [0.29, 0.717) is 0 Å². The summed E-state index contributed by atoms with van der Waals surface area (Å²) in [6.07, 6.45) is -0.594. The van der Waals surface area contributed by atoms with Gasteiger partial charge < -0.3 is 14.4 Å². The minimum Gasteiger partial charge on any atom is -0.467 e. The van der Waals surface area contributed by atoms with Crippen molar-refractivity contribution in [2.45, 2.75) is 46.4 Å². The number of rotatable bonds is 8. The first-order valence-corrected chi connectivity index (χ1v) is 9.39. The van der Waals surface area contributed by atoms with Gasteiger partial charge >= 0.3 is 12.1 Å².